The van der Waals surface area contributed by atoms with Gasteiger partial charge in [0.15, 0.2) is 0 Å². The zero-order chi connectivity index (χ0) is 9.10. The Morgan fingerprint density at radius 1 is 1.62 bits per heavy atom. The van der Waals surface area contributed by atoms with Crippen molar-refractivity contribution in [2.24, 2.45) is 0 Å². The van der Waals surface area contributed by atoms with Crippen molar-refractivity contribution in [1.82, 2.24) is 4.90 Å². The maximum Gasteiger partial charge on any atom is 0.134 e. The van der Waals surface area contributed by atoms with Crippen LogP contribution in [0.25, 0.3) is 0 Å². The molecule has 70 valence electrons. The Morgan fingerprint density at radius 3 is 3.00 bits per heavy atom. The average Bonchev–Trinajstić information content (AvgIpc) is 2.85. The molecule has 1 aliphatic carbocycles. The molecule has 0 unspecified atom stereocenters. The van der Waals surface area contributed by atoms with Gasteiger partial charge in [-0.2, -0.15) is 11.3 Å². The largest absolute Gasteiger partial charge is 0.302 e. The minimum atomic E-state index is 0.584. The summed E-state index contributed by atoms with van der Waals surface area (Å²) >= 11 is 1.72. The van der Waals surface area contributed by atoms with Crippen LogP contribution >= 0.6 is 11.3 Å². The first-order valence-electron chi connectivity index (χ1n) is 4.59. The summed E-state index contributed by atoms with van der Waals surface area (Å²) in [4.78, 5) is 12.7. The van der Waals surface area contributed by atoms with Crippen LogP contribution < -0.4 is 0 Å². The van der Waals surface area contributed by atoms with Crippen molar-refractivity contribution in [3.63, 3.8) is 0 Å². The Hall–Kier alpha value is -0.670. The molecule has 0 bridgehead atoms. The van der Waals surface area contributed by atoms with E-state index in [4.69, 9.17) is 0 Å². The van der Waals surface area contributed by atoms with E-state index in [1.54, 1.807) is 11.3 Å². The Kier molecular flexibility index (Phi) is 2.76. The van der Waals surface area contributed by atoms with Gasteiger partial charge in [-0.25, -0.2) is 0 Å². The number of nitrogens with zero attached hydrogens (tertiary/aromatic N) is 1. The molecular formula is C10H13NOS. The molecule has 3 heteroatoms. The van der Waals surface area contributed by atoms with E-state index in [1.165, 1.54) is 18.4 Å². The Balaban J connectivity index is 1.92. The molecule has 0 N–H and O–H groups in total. The lowest BCUT2D eigenvalue weighted by Gasteiger charge is -2.17. The highest BCUT2D eigenvalue weighted by atomic mass is 32.1. The van der Waals surface area contributed by atoms with Crippen LogP contribution in [0.15, 0.2) is 16.8 Å². The number of carbonyl (C=O) groups excluding carboxylic acids is 1. The zero-order valence-electron chi connectivity index (χ0n) is 7.48. The smallest absolute Gasteiger partial charge is 0.134 e. The van der Waals surface area contributed by atoms with Crippen molar-refractivity contribution in [2.75, 3.05) is 6.54 Å². The molecule has 0 aliphatic heterocycles. The summed E-state index contributed by atoms with van der Waals surface area (Å²) < 4.78 is 0. The molecule has 1 saturated carbocycles. The molecule has 13 heavy (non-hydrogen) atoms. The lowest BCUT2D eigenvalue weighted by molar-refractivity contribution is -0.109. The number of aldehydes is 1. The van der Waals surface area contributed by atoms with Crippen LogP contribution in [-0.2, 0) is 11.3 Å². The third-order valence-electron chi connectivity index (χ3n) is 2.34. The van der Waals surface area contributed by atoms with E-state index < -0.39 is 0 Å². The summed E-state index contributed by atoms with van der Waals surface area (Å²) in [6.45, 7) is 1.52. The van der Waals surface area contributed by atoms with Crippen LogP contribution in [0.4, 0.5) is 0 Å². The highest BCUT2D eigenvalue weighted by Gasteiger charge is 2.28. The van der Waals surface area contributed by atoms with Crippen LogP contribution in [0.3, 0.4) is 0 Å². The van der Waals surface area contributed by atoms with Crippen LogP contribution in [0.1, 0.15) is 18.4 Å². The second-order valence-electron chi connectivity index (χ2n) is 3.46. The number of hydrogen-bond acceptors (Lipinski definition) is 3. The molecule has 0 spiro atoms. The fourth-order valence-corrected chi connectivity index (χ4v) is 2.16. The minimum Gasteiger partial charge on any atom is -0.302 e. The Labute approximate surface area is 82.2 Å². The molecule has 2 nitrogen and oxygen atoms in total. The first kappa shape index (κ1) is 8.91. The van der Waals surface area contributed by atoms with Gasteiger partial charge < -0.3 is 4.79 Å². The predicted octanol–water partition coefficient (Wildman–Crippen LogP) is 1.91. The highest BCUT2D eigenvalue weighted by Crippen LogP contribution is 2.27. The van der Waals surface area contributed by atoms with E-state index in [0.717, 1.165) is 12.8 Å². The van der Waals surface area contributed by atoms with Gasteiger partial charge in [-0.15, -0.1) is 0 Å². The number of thiophene rings is 1. The third-order valence-corrected chi connectivity index (χ3v) is 3.07. The van der Waals surface area contributed by atoms with Gasteiger partial charge in [0.25, 0.3) is 0 Å². The number of carbonyl (C=O) groups is 1. The van der Waals surface area contributed by atoms with Crippen molar-refractivity contribution in [2.45, 2.75) is 25.4 Å². The Bertz CT molecular complexity index is 266. The SMILES string of the molecule is O=CCN(Cc1ccsc1)C1CC1. The molecular weight excluding hydrogens is 182 g/mol. The van der Waals surface area contributed by atoms with E-state index in [9.17, 15) is 4.79 Å². The summed E-state index contributed by atoms with van der Waals surface area (Å²) in [7, 11) is 0. The van der Waals surface area contributed by atoms with Crippen molar-refractivity contribution in [1.29, 1.82) is 0 Å². The van der Waals surface area contributed by atoms with Gasteiger partial charge in [0, 0.05) is 12.6 Å². The van der Waals surface area contributed by atoms with Crippen molar-refractivity contribution in [3.8, 4) is 0 Å². The van der Waals surface area contributed by atoms with E-state index in [1.807, 2.05) is 0 Å². The number of hydrogen-bond donors (Lipinski definition) is 0. The van der Waals surface area contributed by atoms with Gasteiger partial charge >= 0.3 is 0 Å². The molecule has 0 aromatic carbocycles. The van der Waals surface area contributed by atoms with Gasteiger partial charge in [0.05, 0.1) is 6.54 Å². The maximum absolute atomic E-state index is 10.4. The van der Waals surface area contributed by atoms with Crippen LogP contribution in [-0.4, -0.2) is 23.8 Å². The summed E-state index contributed by atoms with van der Waals surface area (Å²) in [6, 6.07) is 2.80. The predicted molar refractivity (Wildman–Crippen MR) is 53.8 cm³/mol. The van der Waals surface area contributed by atoms with Crippen molar-refractivity contribution < 1.29 is 4.79 Å². The fourth-order valence-electron chi connectivity index (χ4n) is 1.50. The summed E-state index contributed by atoms with van der Waals surface area (Å²) in [5.74, 6) is 0. The van der Waals surface area contributed by atoms with Crippen LogP contribution in [0, 0.1) is 0 Å². The van der Waals surface area contributed by atoms with Crippen molar-refractivity contribution in [3.05, 3.63) is 22.4 Å². The van der Waals surface area contributed by atoms with Gasteiger partial charge in [-0.1, -0.05) is 0 Å². The molecule has 1 aliphatic rings. The molecule has 0 radical (unpaired) electrons. The topological polar surface area (TPSA) is 20.3 Å². The van der Waals surface area contributed by atoms with Crippen LogP contribution in [0.5, 0.6) is 0 Å². The highest BCUT2D eigenvalue weighted by molar-refractivity contribution is 7.07. The second-order valence-corrected chi connectivity index (χ2v) is 4.24. The normalized spacial score (nSPS) is 16.4. The number of rotatable bonds is 5. The lowest BCUT2D eigenvalue weighted by atomic mass is 10.3. The standard InChI is InChI=1S/C10H13NOS/c12-5-4-11(10-1-2-10)7-9-3-6-13-8-9/h3,5-6,8,10H,1-2,4,7H2. The van der Waals surface area contributed by atoms with Crippen molar-refractivity contribution >= 4 is 17.6 Å². The molecule has 1 aromatic heterocycles. The molecule has 2 rings (SSSR count). The zero-order valence-corrected chi connectivity index (χ0v) is 8.30. The van der Waals surface area contributed by atoms with Gasteiger partial charge in [0.1, 0.15) is 6.29 Å². The summed E-state index contributed by atoms with van der Waals surface area (Å²) in [5.41, 5.74) is 1.33. The van der Waals surface area contributed by atoms with Crippen LogP contribution in [0.2, 0.25) is 0 Å². The van der Waals surface area contributed by atoms with E-state index in [0.29, 0.717) is 12.6 Å². The monoisotopic (exact) mass is 195 g/mol. The first-order valence-corrected chi connectivity index (χ1v) is 5.53. The Morgan fingerprint density at radius 2 is 2.46 bits per heavy atom. The average molecular weight is 195 g/mol. The van der Waals surface area contributed by atoms with Gasteiger partial charge in [-0.05, 0) is 35.2 Å². The van der Waals surface area contributed by atoms with E-state index in [2.05, 4.69) is 21.7 Å². The molecule has 0 saturated heterocycles. The van der Waals surface area contributed by atoms with Gasteiger partial charge in [-0.3, -0.25) is 4.90 Å². The molecule has 1 heterocycles. The quantitative estimate of drug-likeness (QED) is 0.669. The summed E-state index contributed by atoms with van der Waals surface area (Å²) in [6.07, 6.45) is 3.53. The molecule has 1 fully saturated rings. The summed E-state index contributed by atoms with van der Waals surface area (Å²) in [5, 5.41) is 4.24. The molecule has 0 amide bonds. The van der Waals surface area contributed by atoms with Gasteiger partial charge in [0.2, 0.25) is 0 Å². The second kappa shape index (κ2) is 4.03. The first-order chi connectivity index (χ1) is 6.40. The molecule has 1 aromatic rings. The van der Waals surface area contributed by atoms with E-state index in [-0.39, 0.29) is 0 Å². The fraction of sp³-hybridized carbons (Fsp3) is 0.500. The maximum atomic E-state index is 10.4. The minimum absolute atomic E-state index is 0.584. The third kappa shape index (κ3) is 2.39. The van der Waals surface area contributed by atoms with E-state index >= 15 is 0 Å². The molecule has 0 atom stereocenters. The lowest BCUT2D eigenvalue weighted by Crippen LogP contribution is -2.27.